The highest BCUT2D eigenvalue weighted by atomic mass is 16.6. The van der Waals surface area contributed by atoms with E-state index in [2.05, 4.69) is 0 Å². The van der Waals surface area contributed by atoms with Gasteiger partial charge < -0.3 is 15.2 Å². The summed E-state index contributed by atoms with van der Waals surface area (Å²) in [5, 5.41) is 0. The molecule has 0 amide bonds. The van der Waals surface area contributed by atoms with Crippen molar-refractivity contribution in [3.8, 4) is 0 Å². The molecule has 0 aromatic carbocycles. The molecule has 0 saturated heterocycles. The second-order valence-electron chi connectivity index (χ2n) is 2.67. The first-order valence-electron chi connectivity index (χ1n) is 4.35. The van der Waals surface area contributed by atoms with Crippen LogP contribution in [0.1, 0.15) is 20.3 Å². The maximum absolute atomic E-state index is 10.9. The van der Waals surface area contributed by atoms with Crippen molar-refractivity contribution >= 4 is 5.97 Å². The van der Waals surface area contributed by atoms with Gasteiger partial charge in [0.25, 0.3) is 0 Å². The summed E-state index contributed by atoms with van der Waals surface area (Å²) in [7, 11) is 0. The fourth-order valence-electron chi connectivity index (χ4n) is 0.675. The van der Waals surface area contributed by atoms with Gasteiger partial charge in [0.05, 0.1) is 6.61 Å². The molecule has 0 bridgehead atoms. The largest absolute Gasteiger partial charge is 0.460 e. The van der Waals surface area contributed by atoms with Crippen molar-refractivity contribution in [2.45, 2.75) is 20.3 Å². The summed E-state index contributed by atoms with van der Waals surface area (Å²) in [6.45, 7) is 5.07. The lowest BCUT2D eigenvalue weighted by molar-refractivity contribution is -0.139. The molecule has 4 heteroatoms. The van der Waals surface area contributed by atoms with Gasteiger partial charge in [-0.15, -0.1) is 0 Å². The van der Waals surface area contributed by atoms with Gasteiger partial charge in [0, 0.05) is 18.4 Å². The average molecular weight is 187 g/mol. The molecular formula is C9H17NO3. The van der Waals surface area contributed by atoms with Crippen LogP contribution in [0, 0.1) is 0 Å². The van der Waals surface area contributed by atoms with E-state index in [4.69, 9.17) is 15.2 Å². The van der Waals surface area contributed by atoms with Gasteiger partial charge in [-0.2, -0.15) is 0 Å². The topological polar surface area (TPSA) is 61.5 Å². The summed E-state index contributed by atoms with van der Waals surface area (Å²) in [6, 6.07) is 0. The van der Waals surface area contributed by atoms with Crippen molar-refractivity contribution in [2.24, 2.45) is 5.73 Å². The predicted molar refractivity (Wildman–Crippen MR) is 50.0 cm³/mol. The minimum atomic E-state index is -0.417. The van der Waals surface area contributed by atoms with E-state index in [-0.39, 0.29) is 6.61 Å². The molecule has 2 N–H and O–H groups in total. The molecule has 0 saturated carbocycles. The normalized spacial score (nSPS) is 11.4. The van der Waals surface area contributed by atoms with Crippen molar-refractivity contribution in [2.75, 3.05) is 19.8 Å². The summed E-state index contributed by atoms with van der Waals surface area (Å²) in [4.78, 5) is 10.9. The van der Waals surface area contributed by atoms with Crippen LogP contribution in [0.2, 0.25) is 0 Å². The van der Waals surface area contributed by atoms with Crippen LogP contribution >= 0.6 is 0 Å². The molecule has 76 valence electrons. The van der Waals surface area contributed by atoms with Crippen LogP contribution in [-0.4, -0.2) is 25.8 Å². The minimum Gasteiger partial charge on any atom is -0.460 e. The lowest BCUT2D eigenvalue weighted by Gasteiger charge is -2.02. The van der Waals surface area contributed by atoms with Crippen molar-refractivity contribution < 1.29 is 14.3 Å². The Labute approximate surface area is 78.7 Å². The maximum Gasteiger partial charge on any atom is 0.332 e. The first-order chi connectivity index (χ1) is 6.16. The average Bonchev–Trinajstić information content (AvgIpc) is 2.02. The van der Waals surface area contributed by atoms with E-state index in [9.17, 15) is 4.79 Å². The summed E-state index contributed by atoms with van der Waals surface area (Å²) in [5.41, 5.74) is 5.72. The second kappa shape index (κ2) is 7.61. The summed E-state index contributed by atoms with van der Waals surface area (Å²) >= 11 is 0. The number of hydrogen-bond acceptors (Lipinski definition) is 4. The number of hydrogen-bond donors (Lipinski definition) is 1. The molecule has 13 heavy (non-hydrogen) atoms. The highest BCUT2D eigenvalue weighted by Gasteiger charge is 1.96. The van der Waals surface area contributed by atoms with Crippen LogP contribution in [0.15, 0.2) is 11.8 Å². The molecule has 0 aliphatic heterocycles. The summed E-state index contributed by atoms with van der Waals surface area (Å²) < 4.78 is 9.89. The quantitative estimate of drug-likeness (QED) is 0.380. The van der Waals surface area contributed by atoms with Gasteiger partial charge in [0.15, 0.2) is 0 Å². The zero-order valence-corrected chi connectivity index (χ0v) is 8.21. The highest BCUT2D eigenvalue weighted by Crippen LogP contribution is 1.86. The van der Waals surface area contributed by atoms with Gasteiger partial charge in [-0.1, -0.05) is 6.92 Å². The molecule has 0 unspecified atom stereocenters. The fourth-order valence-corrected chi connectivity index (χ4v) is 0.675. The first-order valence-corrected chi connectivity index (χ1v) is 4.35. The maximum atomic E-state index is 10.9. The van der Waals surface area contributed by atoms with E-state index in [0.717, 1.165) is 6.42 Å². The van der Waals surface area contributed by atoms with Gasteiger partial charge in [-0.25, -0.2) is 4.79 Å². The molecule has 0 rings (SSSR count). The van der Waals surface area contributed by atoms with Gasteiger partial charge >= 0.3 is 5.97 Å². The Hall–Kier alpha value is -1.03. The lowest BCUT2D eigenvalue weighted by Crippen LogP contribution is -2.10. The number of ether oxygens (including phenoxy) is 2. The van der Waals surface area contributed by atoms with Gasteiger partial charge in [0.2, 0.25) is 0 Å². The molecule has 4 nitrogen and oxygen atoms in total. The number of carbonyl (C=O) groups excluding carboxylic acids is 1. The molecule has 0 aliphatic carbocycles. The monoisotopic (exact) mass is 187 g/mol. The molecule has 0 heterocycles. The van der Waals surface area contributed by atoms with Crippen molar-refractivity contribution in [3.63, 3.8) is 0 Å². The first kappa shape index (κ1) is 12.0. The summed E-state index contributed by atoms with van der Waals surface area (Å²) in [6.07, 6.45) is 2.22. The van der Waals surface area contributed by atoms with Gasteiger partial charge in [-0.3, -0.25) is 0 Å². The zero-order chi connectivity index (χ0) is 10.1. The minimum absolute atomic E-state index is 0.280. The zero-order valence-electron chi connectivity index (χ0n) is 8.21. The Bertz CT molecular complexity index is 174. The third kappa shape index (κ3) is 8.88. The van der Waals surface area contributed by atoms with E-state index in [1.165, 1.54) is 6.08 Å². The molecule has 0 aromatic heterocycles. The molecule has 0 radical (unpaired) electrons. The predicted octanol–water partition coefficient (Wildman–Crippen LogP) is 0.819. The standard InChI is InChI=1S/C9H17NO3/c1-3-4-12-5-6-13-9(11)7-8(2)10/h7H,3-6,10H2,1-2H3. The van der Waals surface area contributed by atoms with E-state index in [1.807, 2.05) is 6.92 Å². The van der Waals surface area contributed by atoms with Crippen LogP contribution in [0.25, 0.3) is 0 Å². The van der Waals surface area contributed by atoms with Crippen molar-refractivity contribution in [3.05, 3.63) is 11.8 Å². The Morgan fingerprint density at radius 1 is 1.38 bits per heavy atom. The van der Waals surface area contributed by atoms with E-state index in [0.29, 0.717) is 18.9 Å². The third-order valence-electron chi connectivity index (χ3n) is 1.17. The third-order valence-corrected chi connectivity index (χ3v) is 1.17. The van der Waals surface area contributed by atoms with Crippen LogP contribution in [0.3, 0.4) is 0 Å². The Morgan fingerprint density at radius 3 is 2.62 bits per heavy atom. The Kier molecular flexibility index (Phi) is 7.01. The number of allylic oxidation sites excluding steroid dienone is 1. The van der Waals surface area contributed by atoms with Crippen LogP contribution < -0.4 is 5.73 Å². The number of nitrogens with two attached hydrogens (primary N) is 1. The fraction of sp³-hybridized carbons (Fsp3) is 0.667. The molecule has 0 fully saturated rings. The van der Waals surface area contributed by atoms with Crippen LogP contribution in [0.5, 0.6) is 0 Å². The smallest absolute Gasteiger partial charge is 0.332 e. The molecular weight excluding hydrogens is 170 g/mol. The lowest BCUT2D eigenvalue weighted by atomic mass is 10.4. The number of esters is 1. The van der Waals surface area contributed by atoms with Gasteiger partial charge in [0.1, 0.15) is 6.61 Å². The van der Waals surface area contributed by atoms with Crippen molar-refractivity contribution in [1.82, 2.24) is 0 Å². The van der Waals surface area contributed by atoms with Crippen molar-refractivity contribution in [1.29, 1.82) is 0 Å². The molecule has 0 spiro atoms. The molecule has 0 aromatic rings. The van der Waals surface area contributed by atoms with Crippen LogP contribution in [0.4, 0.5) is 0 Å². The Morgan fingerprint density at radius 2 is 2.08 bits per heavy atom. The summed E-state index contributed by atoms with van der Waals surface area (Å²) in [5.74, 6) is -0.417. The number of rotatable bonds is 6. The van der Waals surface area contributed by atoms with Crippen LogP contribution in [-0.2, 0) is 14.3 Å². The molecule has 0 aliphatic rings. The van der Waals surface area contributed by atoms with E-state index < -0.39 is 5.97 Å². The van der Waals surface area contributed by atoms with E-state index in [1.54, 1.807) is 6.92 Å². The number of carbonyl (C=O) groups is 1. The highest BCUT2D eigenvalue weighted by molar-refractivity contribution is 5.82. The van der Waals surface area contributed by atoms with Gasteiger partial charge in [-0.05, 0) is 13.3 Å². The molecule has 0 atom stereocenters. The van der Waals surface area contributed by atoms with E-state index >= 15 is 0 Å². The second-order valence-corrected chi connectivity index (χ2v) is 2.67. The Balaban J connectivity index is 3.33. The SMILES string of the molecule is CCCOCCOC(=O)C=C(C)N.